The van der Waals surface area contributed by atoms with Gasteiger partial charge in [0, 0.05) is 13.0 Å². The Bertz CT molecular complexity index is 270. The minimum Gasteiger partial charge on any atom is -0.329 e. The van der Waals surface area contributed by atoms with E-state index in [0.29, 0.717) is 13.0 Å². The van der Waals surface area contributed by atoms with Crippen LogP contribution in [-0.2, 0) is 12.6 Å². The monoisotopic (exact) mass is 195 g/mol. The Morgan fingerprint density at radius 3 is 2.62 bits per heavy atom. The van der Waals surface area contributed by atoms with Gasteiger partial charge in [-0.25, -0.2) is 0 Å². The van der Waals surface area contributed by atoms with Crippen molar-refractivity contribution in [1.82, 2.24) is 15.5 Å². The third kappa shape index (κ3) is 2.69. The highest BCUT2D eigenvalue weighted by atomic mass is 19.4. The molecule has 0 aromatic carbocycles. The standard InChI is InChI=1S/C6H8F3N3O/c1-10-3-2-4-11-5(13-12-4)6(7,8)9/h10H,2-3H2,1H3. The van der Waals surface area contributed by atoms with Gasteiger partial charge in [0.15, 0.2) is 5.82 Å². The Balaban J connectivity index is 2.64. The van der Waals surface area contributed by atoms with Gasteiger partial charge in [-0.15, -0.1) is 0 Å². The van der Waals surface area contributed by atoms with Crippen LogP contribution in [0, 0.1) is 0 Å². The maximum atomic E-state index is 11.9. The molecule has 4 nitrogen and oxygen atoms in total. The molecule has 1 heterocycles. The van der Waals surface area contributed by atoms with Crippen LogP contribution in [0.1, 0.15) is 11.7 Å². The lowest BCUT2D eigenvalue weighted by molar-refractivity contribution is -0.159. The molecule has 74 valence electrons. The van der Waals surface area contributed by atoms with Crippen LogP contribution in [0.25, 0.3) is 0 Å². The summed E-state index contributed by atoms with van der Waals surface area (Å²) in [5.41, 5.74) is 0. The maximum absolute atomic E-state index is 11.9. The van der Waals surface area contributed by atoms with E-state index in [-0.39, 0.29) is 5.82 Å². The van der Waals surface area contributed by atoms with Gasteiger partial charge in [-0.2, -0.15) is 18.2 Å². The lowest BCUT2D eigenvalue weighted by Crippen LogP contribution is -2.11. The van der Waals surface area contributed by atoms with Gasteiger partial charge in [0.25, 0.3) is 0 Å². The van der Waals surface area contributed by atoms with Gasteiger partial charge in [-0.1, -0.05) is 5.16 Å². The summed E-state index contributed by atoms with van der Waals surface area (Å²) in [5, 5.41) is 5.94. The van der Waals surface area contributed by atoms with Crippen LogP contribution in [0.3, 0.4) is 0 Å². The normalized spacial score (nSPS) is 12.0. The van der Waals surface area contributed by atoms with Crippen LogP contribution < -0.4 is 5.32 Å². The van der Waals surface area contributed by atoms with Gasteiger partial charge in [0.05, 0.1) is 0 Å². The molecular weight excluding hydrogens is 187 g/mol. The second kappa shape index (κ2) is 3.73. The SMILES string of the molecule is CNCCc1noc(C(F)(F)F)n1. The van der Waals surface area contributed by atoms with Gasteiger partial charge in [0.1, 0.15) is 0 Å². The van der Waals surface area contributed by atoms with Crippen molar-refractivity contribution >= 4 is 0 Å². The highest BCUT2D eigenvalue weighted by Crippen LogP contribution is 2.27. The molecule has 0 fully saturated rings. The quantitative estimate of drug-likeness (QED) is 0.776. The Hall–Kier alpha value is -1.11. The van der Waals surface area contributed by atoms with Crippen LogP contribution >= 0.6 is 0 Å². The van der Waals surface area contributed by atoms with Crippen LogP contribution in [0.5, 0.6) is 0 Å². The number of likely N-dealkylation sites (N-methyl/N-ethyl adjacent to an activating group) is 1. The van der Waals surface area contributed by atoms with E-state index >= 15 is 0 Å². The first-order chi connectivity index (χ1) is 6.04. The zero-order chi connectivity index (χ0) is 9.90. The summed E-state index contributed by atoms with van der Waals surface area (Å²) < 4.78 is 39.7. The van der Waals surface area contributed by atoms with Crippen molar-refractivity contribution in [2.75, 3.05) is 13.6 Å². The predicted molar refractivity (Wildman–Crippen MR) is 36.9 cm³/mol. The molecule has 7 heteroatoms. The third-order valence-corrected chi connectivity index (χ3v) is 1.31. The summed E-state index contributed by atoms with van der Waals surface area (Å²) in [5.74, 6) is -1.24. The maximum Gasteiger partial charge on any atom is 0.471 e. The van der Waals surface area contributed by atoms with Crippen LogP contribution in [0.2, 0.25) is 0 Å². The Morgan fingerprint density at radius 1 is 1.46 bits per heavy atom. The Morgan fingerprint density at radius 2 is 2.15 bits per heavy atom. The fourth-order valence-corrected chi connectivity index (χ4v) is 0.707. The first kappa shape index (κ1) is 9.97. The Kier molecular flexibility index (Phi) is 2.86. The minimum absolute atomic E-state index is 0.0571. The molecule has 1 N–H and O–H groups in total. The van der Waals surface area contributed by atoms with E-state index in [2.05, 4.69) is 20.0 Å². The van der Waals surface area contributed by atoms with E-state index < -0.39 is 12.1 Å². The average Bonchev–Trinajstić information content (AvgIpc) is 2.47. The largest absolute Gasteiger partial charge is 0.471 e. The zero-order valence-corrected chi connectivity index (χ0v) is 6.85. The molecule has 1 aromatic rings. The van der Waals surface area contributed by atoms with E-state index in [1.54, 1.807) is 7.05 Å². The molecule has 0 bridgehead atoms. The molecule has 0 aliphatic heterocycles. The van der Waals surface area contributed by atoms with E-state index in [1.807, 2.05) is 0 Å². The van der Waals surface area contributed by atoms with Crippen molar-refractivity contribution in [3.63, 3.8) is 0 Å². The van der Waals surface area contributed by atoms with Crippen LogP contribution in [0.15, 0.2) is 4.52 Å². The van der Waals surface area contributed by atoms with Crippen molar-refractivity contribution in [1.29, 1.82) is 0 Å². The summed E-state index contributed by atoms with van der Waals surface area (Å²) in [4.78, 5) is 3.18. The summed E-state index contributed by atoms with van der Waals surface area (Å²) in [7, 11) is 1.69. The molecule has 0 radical (unpaired) electrons. The number of alkyl halides is 3. The summed E-state index contributed by atoms with van der Waals surface area (Å²) >= 11 is 0. The van der Waals surface area contributed by atoms with Gasteiger partial charge in [-0.05, 0) is 7.05 Å². The highest BCUT2D eigenvalue weighted by molar-refractivity contribution is 4.90. The molecule has 0 aliphatic carbocycles. The minimum atomic E-state index is -4.55. The molecule has 0 atom stereocenters. The smallest absolute Gasteiger partial charge is 0.329 e. The molecule has 0 aliphatic rings. The number of nitrogens with zero attached hydrogens (tertiary/aromatic N) is 2. The van der Waals surface area contributed by atoms with Crippen molar-refractivity contribution in [3.8, 4) is 0 Å². The van der Waals surface area contributed by atoms with Gasteiger partial charge >= 0.3 is 12.1 Å². The molecule has 0 spiro atoms. The average molecular weight is 195 g/mol. The van der Waals surface area contributed by atoms with Crippen molar-refractivity contribution in [2.45, 2.75) is 12.6 Å². The fraction of sp³-hybridized carbons (Fsp3) is 0.667. The number of hydrogen-bond acceptors (Lipinski definition) is 4. The Labute approximate surface area is 72.1 Å². The highest BCUT2D eigenvalue weighted by Gasteiger charge is 2.38. The molecule has 1 aromatic heterocycles. The number of aromatic nitrogens is 2. The summed E-state index contributed by atoms with van der Waals surface area (Å²) in [6.07, 6.45) is -4.24. The van der Waals surface area contributed by atoms with Crippen LogP contribution in [-0.4, -0.2) is 23.7 Å². The number of rotatable bonds is 3. The second-order valence-electron chi connectivity index (χ2n) is 2.37. The van der Waals surface area contributed by atoms with Gasteiger partial charge < -0.3 is 9.84 Å². The summed E-state index contributed by atoms with van der Waals surface area (Å²) in [6.45, 7) is 0.511. The fourth-order valence-electron chi connectivity index (χ4n) is 0.707. The van der Waals surface area contributed by atoms with E-state index in [0.717, 1.165) is 0 Å². The lowest BCUT2D eigenvalue weighted by atomic mass is 10.4. The topological polar surface area (TPSA) is 51.0 Å². The molecule has 1 rings (SSSR count). The van der Waals surface area contributed by atoms with E-state index in [9.17, 15) is 13.2 Å². The first-order valence-electron chi connectivity index (χ1n) is 3.58. The predicted octanol–water partition coefficient (Wildman–Crippen LogP) is 0.850. The van der Waals surface area contributed by atoms with Crippen molar-refractivity contribution in [2.24, 2.45) is 0 Å². The van der Waals surface area contributed by atoms with Gasteiger partial charge in [0.2, 0.25) is 0 Å². The first-order valence-corrected chi connectivity index (χ1v) is 3.58. The van der Waals surface area contributed by atoms with E-state index in [1.165, 1.54) is 0 Å². The van der Waals surface area contributed by atoms with E-state index in [4.69, 9.17) is 0 Å². The summed E-state index contributed by atoms with van der Waals surface area (Å²) in [6, 6.07) is 0. The molecular formula is C6H8F3N3O. The van der Waals surface area contributed by atoms with Crippen molar-refractivity contribution < 1.29 is 17.7 Å². The second-order valence-corrected chi connectivity index (χ2v) is 2.37. The van der Waals surface area contributed by atoms with Gasteiger partial charge in [-0.3, -0.25) is 0 Å². The van der Waals surface area contributed by atoms with Crippen LogP contribution in [0.4, 0.5) is 13.2 Å². The molecule has 0 saturated heterocycles. The molecule has 13 heavy (non-hydrogen) atoms. The van der Waals surface area contributed by atoms with Crippen molar-refractivity contribution in [3.05, 3.63) is 11.7 Å². The third-order valence-electron chi connectivity index (χ3n) is 1.31. The number of halogens is 3. The number of nitrogens with one attached hydrogen (secondary N) is 1. The molecule has 0 amide bonds. The lowest BCUT2D eigenvalue weighted by Gasteiger charge is -1.96. The molecule has 0 unspecified atom stereocenters. The molecule has 0 saturated carbocycles. The number of hydrogen-bond donors (Lipinski definition) is 1. The zero-order valence-electron chi connectivity index (χ0n) is 6.85.